The van der Waals surface area contributed by atoms with Crippen molar-refractivity contribution in [2.24, 2.45) is 23.7 Å². The van der Waals surface area contributed by atoms with Crippen LogP contribution in [0.3, 0.4) is 0 Å². The highest BCUT2D eigenvalue weighted by Gasteiger charge is 2.31. The van der Waals surface area contributed by atoms with Crippen LogP contribution in [0.5, 0.6) is 5.75 Å². The molecular weight excluding hydrogens is 377 g/mol. The van der Waals surface area contributed by atoms with E-state index in [4.69, 9.17) is 4.74 Å². The minimum atomic E-state index is -4.38. The molecule has 2 fully saturated rings. The number of hydrogen-bond donors (Lipinski definition) is 0. The zero-order valence-corrected chi connectivity index (χ0v) is 17.3. The Kier molecular flexibility index (Phi) is 7.64. The summed E-state index contributed by atoms with van der Waals surface area (Å²) in [4.78, 5) is 12.1. The van der Waals surface area contributed by atoms with Gasteiger partial charge < -0.3 is 4.74 Å². The molecule has 3 rings (SSSR count). The van der Waals surface area contributed by atoms with Crippen LogP contribution >= 0.6 is 0 Å². The van der Waals surface area contributed by atoms with Gasteiger partial charge in [-0.2, -0.15) is 13.2 Å². The number of rotatable bonds is 6. The molecule has 2 saturated carbocycles. The average Bonchev–Trinajstić information content (AvgIpc) is 2.72. The fourth-order valence-corrected chi connectivity index (χ4v) is 5.23. The molecule has 0 aliphatic heterocycles. The maximum Gasteiger partial charge on any atom is 0.416 e. The van der Waals surface area contributed by atoms with Crippen molar-refractivity contribution >= 4 is 5.97 Å². The smallest absolute Gasteiger partial charge is 0.416 e. The molecular formula is C24H33F3O2. The summed E-state index contributed by atoms with van der Waals surface area (Å²) in [5, 5.41) is 0. The Balaban J connectivity index is 1.35. The van der Waals surface area contributed by atoms with E-state index in [1.165, 1.54) is 69.9 Å². The highest BCUT2D eigenvalue weighted by Crippen LogP contribution is 2.42. The first-order chi connectivity index (χ1) is 13.8. The molecule has 2 aliphatic rings. The molecule has 1 aromatic rings. The molecule has 0 spiro atoms. The Hall–Kier alpha value is -1.52. The van der Waals surface area contributed by atoms with Gasteiger partial charge in [-0.3, -0.25) is 4.79 Å². The van der Waals surface area contributed by atoms with Crippen LogP contribution in [0.1, 0.15) is 83.1 Å². The molecule has 29 heavy (non-hydrogen) atoms. The standard InChI is InChI=1S/C24H33F3O2/c1-2-17-3-8-19(9-4-17)20-10-5-18(6-11-20)7-16-23(28)29-22-14-12-21(13-15-22)24(25,26)27/h12-15,17-20H,2-11,16H2,1H3/t17-,18?,19-,20?. The van der Waals surface area contributed by atoms with Gasteiger partial charge in [-0.1, -0.05) is 39.0 Å². The number of alkyl halides is 3. The normalized spacial score (nSPS) is 28.1. The van der Waals surface area contributed by atoms with Gasteiger partial charge in [0.15, 0.2) is 0 Å². The van der Waals surface area contributed by atoms with Crippen LogP contribution in [0, 0.1) is 23.7 Å². The maximum atomic E-state index is 12.6. The first-order valence-electron chi connectivity index (χ1n) is 11.2. The van der Waals surface area contributed by atoms with E-state index in [1.54, 1.807) is 0 Å². The third-order valence-corrected chi connectivity index (χ3v) is 7.20. The molecule has 2 aliphatic carbocycles. The van der Waals surface area contributed by atoms with E-state index < -0.39 is 11.7 Å². The molecule has 0 radical (unpaired) electrons. The first-order valence-corrected chi connectivity index (χ1v) is 11.2. The van der Waals surface area contributed by atoms with Gasteiger partial charge in [0.1, 0.15) is 5.75 Å². The van der Waals surface area contributed by atoms with E-state index in [2.05, 4.69) is 6.92 Å². The summed E-state index contributed by atoms with van der Waals surface area (Å²) in [6.07, 6.45) is 8.61. The highest BCUT2D eigenvalue weighted by molar-refractivity contribution is 5.72. The van der Waals surface area contributed by atoms with Gasteiger partial charge in [-0.15, -0.1) is 0 Å². The number of hydrogen-bond acceptors (Lipinski definition) is 2. The van der Waals surface area contributed by atoms with Crippen LogP contribution in [0.4, 0.5) is 13.2 Å². The summed E-state index contributed by atoms with van der Waals surface area (Å²) >= 11 is 0. The first kappa shape index (κ1) is 22.2. The molecule has 0 heterocycles. The Morgan fingerprint density at radius 2 is 1.41 bits per heavy atom. The van der Waals surface area contributed by atoms with Gasteiger partial charge >= 0.3 is 12.1 Å². The summed E-state index contributed by atoms with van der Waals surface area (Å²) in [7, 11) is 0. The largest absolute Gasteiger partial charge is 0.427 e. The Labute approximate surface area is 172 Å². The van der Waals surface area contributed by atoms with Gasteiger partial charge in [0.05, 0.1) is 5.56 Å². The molecule has 1 aromatic carbocycles. The van der Waals surface area contributed by atoms with Crippen molar-refractivity contribution in [2.45, 2.75) is 83.7 Å². The Morgan fingerprint density at radius 1 is 0.897 bits per heavy atom. The highest BCUT2D eigenvalue weighted by atomic mass is 19.4. The zero-order chi connectivity index (χ0) is 20.9. The maximum absolute atomic E-state index is 12.6. The van der Waals surface area contributed by atoms with E-state index >= 15 is 0 Å². The molecule has 5 heteroatoms. The number of carbonyl (C=O) groups excluding carboxylic acids is 1. The minimum Gasteiger partial charge on any atom is -0.427 e. The monoisotopic (exact) mass is 410 g/mol. The minimum absolute atomic E-state index is 0.175. The lowest BCUT2D eigenvalue weighted by Crippen LogP contribution is -2.26. The summed E-state index contributed by atoms with van der Waals surface area (Å²) in [6, 6.07) is 4.30. The van der Waals surface area contributed by atoms with E-state index in [0.29, 0.717) is 12.3 Å². The van der Waals surface area contributed by atoms with Crippen molar-refractivity contribution in [3.63, 3.8) is 0 Å². The second-order valence-corrected chi connectivity index (χ2v) is 9.00. The third kappa shape index (κ3) is 6.48. The number of benzene rings is 1. The topological polar surface area (TPSA) is 26.3 Å². The fraction of sp³-hybridized carbons (Fsp3) is 0.708. The molecule has 0 amide bonds. The summed E-state index contributed by atoms with van der Waals surface area (Å²) in [6.45, 7) is 2.30. The lowest BCUT2D eigenvalue weighted by Gasteiger charge is -2.37. The van der Waals surface area contributed by atoms with E-state index in [0.717, 1.165) is 36.3 Å². The van der Waals surface area contributed by atoms with Crippen LogP contribution in [0.25, 0.3) is 0 Å². The van der Waals surface area contributed by atoms with Crippen molar-refractivity contribution in [1.29, 1.82) is 0 Å². The van der Waals surface area contributed by atoms with Crippen LogP contribution in [0.15, 0.2) is 24.3 Å². The molecule has 162 valence electrons. The molecule has 2 nitrogen and oxygen atoms in total. The molecule has 0 N–H and O–H groups in total. The lowest BCUT2D eigenvalue weighted by atomic mass is 9.68. The van der Waals surface area contributed by atoms with Gasteiger partial charge in [-0.25, -0.2) is 0 Å². The lowest BCUT2D eigenvalue weighted by molar-refractivity contribution is -0.137. The zero-order valence-electron chi connectivity index (χ0n) is 17.3. The van der Waals surface area contributed by atoms with E-state index in [9.17, 15) is 18.0 Å². The van der Waals surface area contributed by atoms with Crippen LogP contribution < -0.4 is 4.74 Å². The predicted octanol–water partition coefficient (Wildman–Crippen LogP) is 7.41. The molecule has 0 aromatic heterocycles. The summed E-state index contributed by atoms with van der Waals surface area (Å²) in [5.41, 5.74) is -0.739. The van der Waals surface area contributed by atoms with Crippen LogP contribution in [0.2, 0.25) is 0 Å². The fourth-order valence-electron chi connectivity index (χ4n) is 5.23. The summed E-state index contributed by atoms with van der Waals surface area (Å²) in [5.74, 6) is 3.10. The number of ether oxygens (including phenoxy) is 1. The van der Waals surface area contributed by atoms with Gasteiger partial charge in [0.2, 0.25) is 0 Å². The van der Waals surface area contributed by atoms with Gasteiger partial charge in [0.25, 0.3) is 0 Å². The molecule has 0 saturated heterocycles. The average molecular weight is 411 g/mol. The van der Waals surface area contributed by atoms with E-state index in [1.807, 2.05) is 0 Å². The Morgan fingerprint density at radius 3 is 1.90 bits per heavy atom. The second kappa shape index (κ2) is 9.99. The molecule has 0 bridgehead atoms. The van der Waals surface area contributed by atoms with Crippen molar-refractivity contribution in [3.05, 3.63) is 29.8 Å². The van der Waals surface area contributed by atoms with Gasteiger partial charge in [0, 0.05) is 6.42 Å². The second-order valence-electron chi connectivity index (χ2n) is 9.00. The van der Waals surface area contributed by atoms with Crippen molar-refractivity contribution in [3.8, 4) is 5.75 Å². The van der Waals surface area contributed by atoms with Crippen molar-refractivity contribution in [1.82, 2.24) is 0 Å². The molecule has 0 atom stereocenters. The number of carbonyl (C=O) groups is 1. The number of halogens is 3. The Bertz CT molecular complexity index is 637. The van der Waals surface area contributed by atoms with E-state index in [-0.39, 0.29) is 11.7 Å². The van der Waals surface area contributed by atoms with Crippen molar-refractivity contribution < 1.29 is 22.7 Å². The predicted molar refractivity (Wildman–Crippen MR) is 108 cm³/mol. The summed E-state index contributed by atoms with van der Waals surface area (Å²) < 4.78 is 42.9. The number of esters is 1. The van der Waals surface area contributed by atoms with Crippen LogP contribution in [-0.4, -0.2) is 5.97 Å². The van der Waals surface area contributed by atoms with Gasteiger partial charge in [-0.05, 0) is 80.0 Å². The van der Waals surface area contributed by atoms with Crippen molar-refractivity contribution in [2.75, 3.05) is 0 Å². The quantitative estimate of drug-likeness (QED) is 0.360. The molecule has 0 unspecified atom stereocenters. The third-order valence-electron chi connectivity index (χ3n) is 7.20. The van der Waals surface area contributed by atoms with Crippen LogP contribution in [-0.2, 0) is 11.0 Å². The SMILES string of the molecule is CC[C@H]1CC[C@H](C2CCC(CCC(=O)Oc3ccc(C(F)(F)F)cc3)CC2)CC1.